The SMILES string of the molecule is N#Cc1cc(C#N)cc(-n2c3cccc4c5ccc6ccccc6c5c5cccc2c5c43)c1. The molecule has 0 radical (unpaired) electrons. The number of benzene rings is 6. The highest BCUT2D eigenvalue weighted by atomic mass is 15.0. The Kier molecular flexibility index (Phi) is 3.41. The minimum Gasteiger partial charge on any atom is -0.309 e. The summed E-state index contributed by atoms with van der Waals surface area (Å²) in [6.07, 6.45) is 0. The lowest BCUT2D eigenvalue weighted by Gasteiger charge is -2.11. The molecule has 0 aliphatic carbocycles. The van der Waals surface area contributed by atoms with Gasteiger partial charge in [0.05, 0.1) is 34.3 Å². The van der Waals surface area contributed by atoms with Crippen molar-refractivity contribution in [3.8, 4) is 17.8 Å². The monoisotopic (exact) mass is 417 g/mol. The summed E-state index contributed by atoms with van der Waals surface area (Å²) >= 11 is 0. The van der Waals surface area contributed by atoms with Crippen LogP contribution in [0.1, 0.15) is 11.1 Å². The van der Waals surface area contributed by atoms with Crippen LogP contribution in [0, 0.1) is 22.7 Å². The second-order valence-corrected chi connectivity index (χ2v) is 8.44. The van der Waals surface area contributed by atoms with E-state index in [0.717, 1.165) is 16.7 Å². The van der Waals surface area contributed by atoms with Crippen molar-refractivity contribution in [2.45, 2.75) is 0 Å². The first-order valence-corrected chi connectivity index (χ1v) is 10.8. The van der Waals surface area contributed by atoms with E-state index in [0.29, 0.717) is 11.1 Å². The highest BCUT2D eigenvalue weighted by molar-refractivity contribution is 6.37. The van der Waals surface area contributed by atoms with Gasteiger partial charge in [-0.15, -0.1) is 0 Å². The van der Waals surface area contributed by atoms with E-state index in [9.17, 15) is 10.5 Å². The van der Waals surface area contributed by atoms with Crippen LogP contribution in [-0.4, -0.2) is 4.57 Å². The summed E-state index contributed by atoms with van der Waals surface area (Å²) in [6.45, 7) is 0. The molecule has 0 saturated heterocycles. The number of hydrogen-bond donors (Lipinski definition) is 0. The molecule has 3 nitrogen and oxygen atoms in total. The van der Waals surface area contributed by atoms with Crippen LogP contribution in [0.2, 0.25) is 0 Å². The molecule has 6 aromatic carbocycles. The highest BCUT2D eigenvalue weighted by Gasteiger charge is 2.20. The first-order valence-electron chi connectivity index (χ1n) is 10.8. The fourth-order valence-corrected chi connectivity index (χ4v) is 5.47. The third-order valence-electron chi connectivity index (χ3n) is 6.74. The van der Waals surface area contributed by atoms with Crippen LogP contribution >= 0.6 is 0 Å². The second kappa shape index (κ2) is 6.33. The molecule has 1 aromatic heterocycles. The summed E-state index contributed by atoms with van der Waals surface area (Å²) in [5.41, 5.74) is 3.95. The molecule has 33 heavy (non-hydrogen) atoms. The molecule has 3 heteroatoms. The summed E-state index contributed by atoms with van der Waals surface area (Å²) < 4.78 is 2.19. The minimum atomic E-state index is 0.482. The summed E-state index contributed by atoms with van der Waals surface area (Å²) in [4.78, 5) is 0. The smallest absolute Gasteiger partial charge is 0.0992 e. The molecule has 0 aliphatic rings. The van der Waals surface area contributed by atoms with Crippen LogP contribution in [0.4, 0.5) is 0 Å². The molecule has 0 aliphatic heterocycles. The first-order chi connectivity index (χ1) is 16.3. The maximum absolute atomic E-state index is 9.55. The Bertz CT molecular complexity index is 1960. The normalized spacial score (nSPS) is 11.6. The van der Waals surface area contributed by atoms with Crippen molar-refractivity contribution in [1.29, 1.82) is 10.5 Å². The van der Waals surface area contributed by atoms with Crippen molar-refractivity contribution in [3.63, 3.8) is 0 Å². The van der Waals surface area contributed by atoms with Gasteiger partial charge in [-0.05, 0) is 62.6 Å². The Morgan fingerprint density at radius 3 is 1.85 bits per heavy atom. The Morgan fingerprint density at radius 1 is 0.515 bits per heavy atom. The maximum Gasteiger partial charge on any atom is 0.0992 e. The van der Waals surface area contributed by atoms with Gasteiger partial charge < -0.3 is 4.57 Å². The number of nitriles is 2. The number of hydrogen-bond acceptors (Lipinski definition) is 2. The molecular weight excluding hydrogens is 402 g/mol. The lowest BCUT2D eigenvalue weighted by molar-refractivity contribution is 1.17. The van der Waals surface area contributed by atoms with Crippen LogP contribution in [0.15, 0.2) is 91.0 Å². The molecule has 0 atom stereocenters. The summed E-state index contributed by atoms with van der Waals surface area (Å²) in [7, 11) is 0. The number of aromatic nitrogens is 1. The third-order valence-corrected chi connectivity index (χ3v) is 6.74. The van der Waals surface area contributed by atoms with Crippen molar-refractivity contribution in [2.75, 3.05) is 0 Å². The van der Waals surface area contributed by atoms with Gasteiger partial charge in [0.15, 0.2) is 0 Å². The van der Waals surface area contributed by atoms with E-state index >= 15 is 0 Å². The molecule has 0 amide bonds. The molecule has 0 saturated carbocycles. The van der Waals surface area contributed by atoms with Gasteiger partial charge in [0.2, 0.25) is 0 Å². The van der Waals surface area contributed by atoms with Crippen molar-refractivity contribution in [1.82, 2.24) is 4.57 Å². The predicted octanol–water partition coefficient (Wildman–Crippen LogP) is 7.42. The molecule has 7 rings (SSSR count). The average molecular weight is 417 g/mol. The number of rotatable bonds is 1. The Labute approximate surface area is 189 Å². The maximum atomic E-state index is 9.55. The van der Waals surface area contributed by atoms with Crippen LogP contribution in [0.3, 0.4) is 0 Å². The van der Waals surface area contributed by atoms with E-state index in [4.69, 9.17) is 0 Å². The van der Waals surface area contributed by atoms with Crippen LogP contribution in [-0.2, 0) is 0 Å². The molecular formula is C30H15N3. The fourth-order valence-electron chi connectivity index (χ4n) is 5.47. The molecule has 0 spiro atoms. The van der Waals surface area contributed by atoms with E-state index in [1.165, 1.54) is 43.1 Å². The summed E-state index contributed by atoms with van der Waals surface area (Å²) in [5.74, 6) is 0. The van der Waals surface area contributed by atoms with Gasteiger partial charge >= 0.3 is 0 Å². The molecule has 0 unspecified atom stereocenters. The van der Waals surface area contributed by atoms with Gasteiger partial charge in [0.1, 0.15) is 0 Å². The van der Waals surface area contributed by atoms with E-state index < -0.39 is 0 Å². The van der Waals surface area contributed by atoms with Gasteiger partial charge in [-0.1, -0.05) is 60.7 Å². The fraction of sp³-hybridized carbons (Fsp3) is 0. The van der Waals surface area contributed by atoms with Gasteiger partial charge in [-0.3, -0.25) is 0 Å². The largest absolute Gasteiger partial charge is 0.309 e. The third kappa shape index (κ3) is 2.26. The predicted molar refractivity (Wildman–Crippen MR) is 134 cm³/mol. The molecule has 1 heterocycles. The lowest BCUT2D eigenvalue weighted by atomic mass is 9.91. The van der Waals surface area contributed by atoms with Crippen molar-refractivity contribution >= 4 is 54.1 Å². The van der Waals surface area contributed by atoms with Gasteiger partial charge in [-0.2, -0.15) is 10.5 Å². The van der Waals surface area contributed by atoms with Crippen molar-refractivity contribution < 1.29 is 0 Å². The topological polar surface area (TPSA) is 52.5 Å². The van der Waals surface area contributed by atoms with Crippen LogP contribution in [0.5, 0.6) is 0 Å². The molecule has 7 aromatic rings. The minimum absolute atomic E-state index is 0.482. The van der Waals surface area contributed by atoms with Gasteiger partial charge in [0.25, 0.3) is 0 Å². The second-order valence-electron chi connectivity index (χ2n) is 8.44. The molecule has 150 valence electrons. The first kappa shape index (κ1) is 17.8. The Balaban J connectivity index is 1.77. The van der Waals surface area contributed by atoms with Gasteiger partial charge in [-0.25, -0.2) is 0 Å². The zero-order chi connectivity index (χ0) is 22.1. The standard InChI is InChI=1S/C30H15N3/c31-16-18-13-19(17-32)15-21(14-18)33-26-9-3-7-23-24-12-11-20-5-1-2-6-22(20)28(24)25-8-4-10-27(33)30(25)29(23)26/h1-15H. The van der Waals surface area contributed by atoms with E-state index in [1.807, 2.05) is 12.1 Å². The van der Waals surface area contributed by atoms with E-state index in [-0.39, 0.29) is 0 Å². The summed E-state index contributed by atoms with van der Waals surface area (Å²) in [6, 6.07) is 35.6. The highest BCUT2D eigenvalue weighted by Crippen LogP contribution is 2.45. The van der Waals surface area contributed by atoms with Gasteiger partial charge in [0, 0.05) is 16.5 Å². The van der Waals surface area contributed by atoms with Crippen LogP contribution < -0.4 is 0 Å². The zero-order valence-electron chi connectivity index (χ0n) is 17.5. The van der Waals surface area contributed by atoms with Crippen LogP contribution in [0.25, 0.3) is 59.8 Å². The number of nitrogens with zero attached hydrogens (tertiary/aromatic N) is 3. The number of fused-ring (bicyclic) bond motifs is 5. The lowest BCUT2D eigenvalue weighted by Crippen LogP contribution is -1.95. The molecule has 0 N–H and O–H groups in total. The zero-order valence-corrected chi connectivity index (χ0v) is 17.5. The average Bonchev–Trinajstić information content (AvgIpc) is 3.22. The quantitative estimate of drug-likeness (QED) is 0.261. The molecule has 0 fully saturated rings. The van der Waals surface area contributed by atoms with Crippen molar-refractivity contribution in [3.05, 3.63) is 102 Å². The molecule has 0 bridgehead atoms. The van der Waals surface area contributed by atoms with E-state index in [1.54, 1.807) is 6.07 Å². The summed E-state index contributed by atoms with van der Waals surface area (Å²) in [5, 5.41) is 28.9. The van der Waals surface area contributed by atoms with Crippen molar-refractivity contribution in [2.24, 2.45) is 0 Å². The Hall–Kier alpha value is -4.86. The van der Waals surface area contributed by atoms with E-state index in [2.05, 4.69) is 89.5 Å². The Morgan fingerprint density at radius 2 is 1.12 bits per heavy atom.